The highest BCUT2D eigenvalue weighted by molar-refractivity contribution is 4.54. The summed E-state index contributed by atoms with van der Waals surface area (Å²) in [5, 5.41) is 21.5. The summed E-state index contributed by atoms with van der Waals surface area (Å²) in [6, 6.07) is 0. The third-order valence-corrected chi connectivity index (χ3v) is 4.06. The molecule has 7 heteroatoms. The molecule has 0 fully saturated rings. The highest BCUT2D eigenvalue weighted by Crippen LogP contribution is 2.09. The zero-order valence-corrected chi connectivity index (χ0v) is 17.3. The SMILES string of the molecule is CCCCCCCCCC(O)NCCOCCOCCOCCOCCO. The van der Waals surface area contributed by atoms with Crippen LogP contribution in [0, 0.1) is 0 Å². The molecule has 7 nitrogen and oxygen atoms in total. The van der Waals surface area contributed by atoms with Crippen LogP contribution in [0.4, 0.5) is 0 Å². The van der Waals surface area contributed by atoms with Gasteiger partial charge < -0.3 is 29.2 Å². The van der Waals surface area contributed by atoms with E-state index in [2.05, 4.69) is 12.2 Å². The molecule has 0 radical (unpaired) electrons. The van der Waals surface area contributed by atoms with E-state index in [4.69, 9.17) is 24.1 Å². The van der Waals surface area contributed by atoms with Gasteiger partial charge in [0.2, 0.25) is 0 Å². The van der Waals surface area contributed by atoms with Crippen molar-refractivity contribution in [1.29, 1.82) is 0 Å². The van der Waals surface area contributed by atoms with E-state index in [0.29, 0.717) is 59.4 Å². The normalized spacial score (nSPS) is 12.6. The van der Waals surface area contributed by atoms with E-state index >= 15 is 0 Å². The molecule has 0 aromatic carbocycles. The quantitative estimate of drug-likeness (QED) is 0.181. The van der Waals surface area contributed by atoms with Gasteiger partial charge in [-0.15, -0.1) is 0 Å². The second-order valence-electron chi connectivity index (χ2n) is 6.55. The van der Waals surface area contributed by atoms with Crippen molar-refractivity contribution >= 4 is 0 Å². The molecule has 0 saturated heterocycles. The number of rotatable bonds is 23. The number of aliphatic hydroxyl groups is 2. The average Bonchev–Trinajstić information content (AvgIpc) is 2.67. The fourth-order valence-electron chi connectivity index (χ4n) is 2.52. The number of nitrogens with one attached hydrogen (secondary N) is 1. The molecule has 0 heterocycles. The molecule has 164 valence electrons. The molecule has 3 N–H and O–H groups in total. The summed E-state index contributed by atoms with van der Waals surface area (Å²) >= 11 is 0. The Morgan fingerprint density at radius 2 is 1.15 bits per heavy atom. The van der Waals surface area contributed by atoms with Crippen molar-refractivity contribution in [3.63, 3.8) is 0 Å². The second kappa shape index (κ2) is 23.8. The predicted molar refractivity (Wildman–Crippen MR) is 107 cm³/mol. The number of unbranched alkanes of at least 4 members (excludes halogenated alkanes) is 6. The molecule has 0 aromatic heterocycles. The average molecular weight is 394 g/mol. The molecule has 0 aromatic rings. The smallest absolute Gasteiger partial charge is 0.104 e. The van der Waals surface area contributed by atoms with E-state index in [0.717, 1.165) is 12.8 Å². The van der Waals surface area contributed by atoms with E-state index in [-0.39, 0.29) is 6.61 Å². The lowest BCUT2D eigenvalue weighted by Crippen LogP contribution is -2.31. The molecular weight excluding hydrogens is 350 g/mol. The van der Waals surface area contributed by atoms with Crippen LogP contribution >= 0.6 is 0 Å². The first-order chi connectivity index (χ1) is 13.3. The van der Waals surface area contributed by atoms with Crippen LogP contribution in [0.1, 0.15) is 58.3 Å². The lowest BCUT2D eigenvalue weighted by atomic mass is 10.1. The van der Waals surface area contributed by atoms with Crippen molar-refractivity contribution < 1.29 is 29.2 Å². The van der Waals surface area contributed by atoms with Crippen LogP contribution in [0.3, 0.4) is 0 Å². The van der Waals surface area contributed by atoms with E-state index in [1.807, 2.05) is 0 Å². The van der Waals surface area contributed by atoms with Crippen LogP contribution in [0.15, 0.2) is 0 Å². The molecule has 0 saturated carbocycles. The Morgan fingerprint density at radius 1 is 0.667 bits per heavy atom. The first-order valence-corrected chi connectivity index (χ1v) is 10.6. The van der Waals surface area contributed by atoms with Gasteiger partial charge in [0.05, 0.1) is 59.5 Å². The zero-order chi connectivity index (χ0) is 19.8. The summed E-state index contributed by atoms with van der Waals surface area (Å²) in [5.41, 5.74) is 0. The maximum Gasteiger partial charge on any atom is 0.104 e. The lowest BCUT2D eigenvalue weighted by Gasteiger charge is -2.13. The third kappa shape index (κ3) is 23.7. The van der Waals surface area contributed by atoms with E-state index in [1.54, 1.807) is 0 Å². The van der Waals surface area contributed by atoms with Gasteiger partial charge in [-0.25, -0.2) is 0 Å². The molecule has 1 atom stereocenters. The van der Waals surface area contributed by atoms with Gasteiger partial charge in [0.15, 0.2) is 0 Å². The minimum absolute atomic E-state index is 0.0385. The minimum Gasteiger partial charge on any atom is -0.394 e. The Hall–Kier alpha value is -0.280. The van der Waals surface area contributed by atoms with Crippen molar-refractivity contribution in [2.45, 2.75) is 64.5 Å². The molecule has 0 aliphatic carbocycles. The van der Waals surface area contributed by atoms with Gasteiger partial charge in [0.25, 0.3) is 0 Å². The molecule has 1 unspecified atom stereocenters. The van der Waals surface area contributed by atoms with Crippen LogP contribution in [0.2, 0.25) is 0 Å². The van der Waals surface area contributed by atoms with E-state index < -0.39 is 6.23 Å². The van der Waals surface area contributed by atoms with Gasteiger partial charge in [-0.1, -0.05) is 45.4 Å². The standard InChI is InChI=1S/C20H43NO6/c1-2-3-4-5-6-7-8-9-20(23)21-10-12-24-14-16-26-18-19-27-17-15-25-13-11-22/h20-23H,2-19H2,1H3. The first kappa shape index (κ1) is 26.7. The van der Waals surface area contributed by atoms with Crippen LogP contribution < -0.4 is 5.32 Å². The topological polar surface area (TPSA) is 89.4 Å². The summed E-state index contributed by atoms with van der Waals surface area (Å²) in [7, 11) is 0. The van der Waals surface area contributed by atoms with Crippen molar-refractivity contribution in [1.82, 2.24) is 5.32 Å². The van der Waals surface area contributed by atoms with Gasteiger partial charge in [-0.3, -0.25) is 5.32 Å². The maximum absolute atomic E-state index is 9.85. The van der Waals surface area contributed by atoms with Crippen LogP contribution in [-0.2, 0) is 18.9 Å². The third-order valence-electron chi connectivity index (χ3n) is 4.06. The summed E-state index contributed by atoms with van der Waals surface area (Å²) in [6.45, 7) is 6.95. The van der Waals surface area contributed by atoms with Crippen LogP contribution in [0.25, 0.3) is 0 Å². The van der Waals surface area contributed by atoms with Gasteiger partial charge in [-0.2, -0.15) is 0 Å². The number of hydrogen-bond donors (Lipinski definition) is 3. The van der Waals surface area contributed by atoms with Gasteiger partial charge in [0, 0.05) is 6.54 Å². The van der Waals surface area contributed by atoms with Crippen molar-refractivity contribution in [3.8, 4) is 0 Å². The van der Waals surface area contributed by atoms with Crippen molar-refractivity contribution in [2.24, 2.45) is 0 Å². The Morgan fingerprint density at radius 3 is 1.70 bits per heavy atom. The molecule has 0 rings (SSSR count). The highest BCUT2D eigenvalue weighted by Gasteiger charge is 2.02. The van der Waals surface area contributed by atoms with Crippen molar-refractivity contribution in [2.75, 3.05) is 66.0 Å². The van der Waals surface area contributed by atoms with Crippen LogP contribution in [-0.4, -0.2) is 82.4 Å². The monoisotopic (exact) mass is 393 g/mol. The fourth-order valence-corrected chi connectivity index (χ4v) is 2.52. The van der Waals surface area contributed by atoms with Gasteiger partial charge in [0.1, 0.15) is 6.23 Å². The molecule has 0 spiro atoms. The molecule has 0 amide bonds. The lowest BCUT2D eigenvalue weighted by molar-refractivity contribution is -0.00609. The Labute approximate surface area is 165 Å². The van der Waals surface area contributed by atoms with E-state index in [1.165, 1.54) is 38.5 Å². The number of aliphatic hydroxyl groups excluding tert-OH is 2. The zero-order valence-electron chi connectivity index (χ0n) is 17.3. The largest absolute Gasteiger partial charge is 0.394 e. The maximum atomic E-state index is 9.85. The Balaban J connectivity index is 3.10. The van der Waals surface area contributed by atoms with Crippen LogP contribution in [0.5, 0.6) is 0 Å². The highest BCUT2D eigenvalue weighted by atomic mass is 16.6. The molecule has 0 aliphatic heterocycles. The Kier molecular flexibility index (Phi) is 23.5. The molecule has 27 heavy (non-hydrogen) atoms. The number of ether oxygens (including phenoxy) is 4. The van der Waals surface area contributed by atoms with E-state index in [9.17, 15) is 5.11 Å². The van der Waals surface area contributed by atoms with Gasteiger partial charge in [-0.05, 0) is 12.8 Å². The summed E-state index contributed by atoms with van der Waals surface area (Å²) in [5.74, 6) is 0. The summed E-state index contributed by atoms with van der Waals surface area (Å²) < 4.78 is 21.2. The second-order valence-corrected chi connectivity index (χ2v) is 6.55. The molecule has 0 bridgehead atoms. The molecule has 0 aliphatic rings. The minimum atomic E-state index is -0.431. The summed E-state index contributed by atoms with van der Waals surface area (Å²) in [4.78, 5) is 0. The predicted octanol–water partition coefficient (Wildman–Crippen LogP) is 2.09. The van der Waals surface area contributed by atoms with Gasteiger partial charge >= 0.3 is 0 Å². The Bertz CT molecular complexity index is 271. The number of hydrogen-bond acceptors (Lipinski definition) is 7. The molecular formula is C20H43NO6. The first-order valence-electron chi connectivity index (χ1n) is 10.6. The summed E-state index contributed by atoms with van der Waals surface area (Å²) in [6.07, 6.45) is 9.21. The van der Waals surface area contributed by atoms with Crippen molar-refractivity contribution in [3.05, 3.63) is 0 Å². The fraction of sp³-hybridized carbons (Fsp3) is 1.00.